The van der Waals surface area contributed by atoms with Gasteiger partial charge in [0.25, 0.3) is 5.91 Å². The zero-order valence-electron chi connectivity index (χ0n) is 16.3. The molecule has 0 saturated heterocycles. The average molecular weight is 456 g/mol. The van der Waals surface area contributed by atoms with Crippen molar-refractivity contribution in [3.63, 3.8) is 0 Å². The van der Waals surface area contributed by atoms with Crippen LogP contribution >= 0.6 is 15.9 Å². The molecule has 0 spiro atoms. The van der Waals surface area contributed by atoms with Crippen LogP contribution in [0, 0.1) is 0 Å². The lowest BCUT2D eigenvalue weighted by Gasteiger charge is -2.12. The number of hydrogen-bond acceptors (Lipinski definition) is 4. The van der Waals surface area contributed by atoms with E-state index < -0.39 is 0 Å². The van der Waals surface area contributed by atoms with Crippen LogP contribution in [0.3, 0.4) is 0 Å². The second kappa shape index (κ2) is 9.93. The molecule has 1 N–H and O–H groups in total. The molecule has 0 fully saturated rings. The normalized spacial score (nSPS) is 10.9. The fourth-order valence-corrected chi connectivity index (χ4v) is 3.01. The second-order valence-corrected chi connectivity index (χ2v) is 7.16. The van der Waals surface area contributed by atoms with E-state index >= 15 is 0 Å². The van der Waals surface area contributed by atoms with Gasteiger partial charge in [-0.3, -0.25) is 4.79 Å². The molecular formula is C22H22BrN3O3. The molecule has 0 saturated carbocycles. The minimum atomic E-state index is -0.276. The van der Waals surface area contributed by atoms with Crippen molar-refractivity contribution < 1.29 is 14.3 Å². The van der Waals surface area contributed by atoms with Crippen molar-refractivity contribution >= 4 is 33.7 Å². The lowest BCUT2D eigenvalue weighted by molar-refractivity contribution is -0.118. The van der Waals surface area contributed by atoms with Crippen molar-refractivity contribution in [1.29, 1.82) is 0 Å². The van der Waals surface area contributed by atoms with E-state index in [0.29, 0.717) is 23.9 Å². The van der Waals surface area contributed by atoms with Gasteiger partial charge in [-0.25, -0.2) is 4.68 Å². The van der Waals surface area contributed by atoms with Crippen LogP contribution in [0.1, 0.15) is 18.1 Å². The quantitative estimate of drug-likeness (QED) is 0.531. The van der Waals surface area contributed by atoms with E-state index in [1.165, 1.54) is 0 Å². The molecule has 1 amide bonds. The molecule has 0 aliphatic rings. The van der Waals surface area contributed by atoms with Crippen LogP contribution in [-0.4, -0.2) is 29.4 Å². The summed E-state index contributed by atoms with van der Waals surface area (Å²) in [5.74, 6) is 1.42. The molecule has 150 valence electrons. The molecule has 1 heterocycles. The van der Waals surface area contributed by atoms with E-state index in [1.54, 1.807) is 30.1 Å². The molecule has 1 aromatic heterocycles. The lowest BCUT2D eigenvalue weighted by atomic mass is 10.2. The summed E-state index contributed by atoms with van der Waals surface area (Å²) in [5, 5.41) is 7.12. The predicted octanol–water partition coefficient (Wildman–Crippen LogP) is 4.75. The molecule has 0 radical (unpaired) electrons. The van der Waals surface area contributed by atoms with Crippen LogP contribution in [0.4, 0.5) is 5.82 Å². The highest BCUT2D eigenvalue weighted by atomic mass is 79.9. The average Bonchev–Trinajstić information content (AvgIpc) is 3.15. The predicted molar refractivity (Wildman–Crippen MR) is 117 cm³/mol. The highest BCUT2D eigenvalue weighted by Gasteiger charge is 2.11. The third kappa shape index (κ3) is 5.71. The standard InChI is InChI=1S/C22H22BrN3O3/c1-3-4-16-7-10-19(20(13-16)28-2)29-15-22(27)25-21-11-12-24-26(21)14-17-5-8-18(23)9-6-17/h3-13H,14-15H2,1-2H3,(H,25,27)/b4-3+. The summed E-state index contributed by atoms with van der Waals surface area (Å²) in [7, 11) is 1.57. The third-order valence-electron chi connectivity index (χ3n) is 4.14. The SMILES string of the molecule is C/C=C/c1ccc(OCC(=O)Nc2ccnn2Cc2ccc(Br)cc2)c(OC)c1. The van der Waals surface area contributed by atoms with Crippen LogP contribution in [0.15, 0.2) is 65.3 Å². The number of allylic oxidation sites excluding steroid dienone is 1. The molecule has 3 aromatic rings. The minimum absolute atomic E-state index is 0.136. The van der Waals surface area contributed by atoms with Gasteiger partial charge in [0.1, 0.15) is 5.82 Å². The number of rotatable bonds is 8. The summed E-state index contributed by atoms with van der Waals surface area (Å²) in [4.78, 5) is 12.4. The molecule has 0 unspecified atom stereocenters. The molecular weight excluding hydrogens is 434 g/mol. The van der Waals surface area contributed by atoms with Gasteiger partial charge in [-0.15, -0.1) is 0 Å². The van der Waals surface area contributed by atoms with Gasteiger partial charge in [0.05, 0.1) is 19.9 Å². The Labute approximate surface area is 178 Å². The fraction of sp³-hybridized carbons (Fsp3) is 0.182. The summed E-state index contributed by atoms with van der Waals surface area (Å²) in [6.45, 7) is 2.36. The van der Waals surface area contributed by atoms with Crippen molar-refractivity contribution in [1.82, 2.24) is 9.78 Å². The highest BCUT2D eigenvalue weighted by molar-refractivity contribution is 9.10. The maximum Gasteiger partial charge on any atom is 0.263 e. The Hall–Kier alpha value is -3.06. The lowest BCUT2D eigenvalue weighted by Crippen LogP contribution is -2.22. The highest BCUT2D eigenvalue weighted by Crippen LogP contribution is 2.28. The van der Waals surface area contributed by atoms with Gasteiger partial charge in [-0.1, -0.05) is 46.3 Å². The van der Waals surface area contributed by atoms with Gasteiger partial charge in [-0.2, -0.15) is 5.10 Å². The van der Waals surface area contributed by atoms with E-state index in [-0.39, 0.29) is 12.5 Å². The Kier molecular flexibility index (Phi) is 7.08. The molecule has 29 heavy (non-hydrogen) atoms. The summed E-state index contributed by atoms with van der Waals surface area (Å²) in [6, 6.07) is 15.3. The van der Waals surface area contributed by atoms with E-state index in [9.17, 15) is 4.79 Å². The first-order chi connectivity index (χ1) is 14.1. The number of nitrogens with zero attached hydrogens (tertiary/aromatic N) is 2. The smallest absolute Gasteiger partial charge is 0.263 e. The number of anilines is 1. The molecule has 0 bridgehead atoms. The zero-order valence-corrected chi connectivity index (χ0v) is 17.8. The first kappa shape index (κ1) is 20.7. The van der Waals surface area contributed by atoms with Crippen LogP contribution in [0.2, 0.25) is 0 Å². The molecule has 0 atom stereocenters. The second-order valence-electron chi connectivity index (χ2n) is 6.25. The Morgan fingerprint density at radius 3 is 2.69 bits per heavy atom. The number of halogens is 1. The van der Waals surface area contributed by atoms with Crippen molar-refractivity contribution in [3.8, 4) is 11.5 Å². The molecule has 0 aliphatic heterocycles. The summed E-state index contributed by atoms with van der Waals surface area (Å²) in [5.41, 5.74) is 2.08. The monoisotopic (exact) mass is 455 g/mol. The van der Waals surface area contributed by atoms with Gasteiger partial charge in [0, 0.05) is 10.5 Å². The maximum atomic E-state index is 12.4. The Bertz CT molecular complexity index is 997. The Morgan fingerprint density at radius 2 is 1.97 bits per heavy atom. The Balaban J connectivity index is 1.60. The number of methoxy groups -OCH3 is 1. The van der Waals surface area contributed by atoms with E-state index in [2.05, 4.69) is 26.3 Å². The third-order valence-corrected chi connectivity index (χ3v) is 4.66. The van der Waals surface area contributed by atoms with Gasteiger partial charge >= 0.3 is 0 Å². The number of ether oxygens (including phenoxy) is 2. The number of aromatic nitrogens is 2. The van der Waals surface area contributed by atoms with Crippen molar-refractivity contribution in [2.45, 2.75) is 13.5 Å². The van der Waals surface area contributed by atoms with Crippen LogP contribution < -0.4 is 14.8 Å². The van der Waals surface area contributed by atoms with Crippen LogP contribution in [0.5, 0.6) is 11.5 Å². The Morgan fingerprint density at radius 1 is 1.17 bits per heavy atom. The fourth-order valence-electron chi connectivity index (χ4n) is 2.75. The topological polar surface area (TPSA) is 65.4 Å². The van der Waals surface area contributed by atoms with Crippen molar-refractivity contribution in [2.75, 3.05) is 19.0 Å². The van der Waals surface area contributed by atoms with E-state index in [0.717, 1.165) is 15.6 Å². The molecule has 0 aliphatic carbocycles. The number of amides is 1. The number of carbonyl (C=O) groups excluding carboxylic acids is 1. The van der Waals surface area contributed by atoms with Gasteiger partial charge in [0.2, 0.25) is 0 Å². The van der Waals surface area contributed by atoms with E-state index in [4.69, 9.17) is 9.47 Å². The number of nitrogens with one attached hydrogen (secondary N) is 1. The first-order valence-electron chi connectivity index (χ1n) is 9.08. The van der Waals surface area contributed by atoms with Gasteiger partial charge in [-0.05, 0) is 42.3 Å². The summed E-state index contributed by atoms with van der Waals surface area (Å²) in [6.07, 6.45) is 5.56. The zero-order chi connectivity index (χ0) is 20.6. The van der Waals surface area contributed by atoms with Gasteiger partial charge in [0.15, 0.2) is 18.1 Å². The maximum absolute atomic E-state index is 12.4. The largest absolute Gasteiger partial charge is 0.493 e. The summed E-state index contributed by atoms with van der Waals surface area (Å²) < 4.78 is 13.7. The molecule has 3 rings (SSSR count). The van der Waals surface area contributed by atoms with Crippen LogP contribution in [-0.2, 0) is 11.3 Å². The van der Waals surface area contributed by atoms with Crippen molar-refractivity contribution in [2.24, 2.45) is 0 Å². The van der Waals surface area contributed by atoms with E-state index in [1.807, 2.05) is 55.5 Å². The number of hydrogen-bond donors (Lipinski definition) is 1. The van der Waals surface area contributed by atoms with Gasteiger partial charge < -0.3 is 14.8 Å². The molecule has 7 heteroatoms. The molecule has 2 aromatic carbocycles. The molecule has 6 nitrogen and oxygen atoms in total. The number of benzene rings is 2. The van der Waals surface area contributed by atoms with Crippen molar-refractivity contribution in [3.05, 3.63) is 76.4 Å². The van der Waals surface area contributed by atoms with Crippen LogP contribution in [0.25, 0.3) is 6.08 Å². The minimum Gasteiger partial charge on any atom is -0.493 e. The first-order valence-corrected chi connectivity index (χ1v) is 9.88. The summed E-state index contributed by atoms with van der Waals surface area (Å²) >= 11 is 3.42. The number of carbonyl (C=O) groups is 1.